The van der Waals surface area contributed by atoms with Crippen molar-refractivity contribution in [2.24, 2.45) is 11.8 Å². The lowest BCUT2D eigenvalue weighted by atomic mass is 10.0. The van der Waals surface area contributed by atoms with Crippen LogP contribution in [0.4, 0.5) is 0 Å². The summed E-state index contributed by atoms with van der Waals surface area (Å²) in [5, 5.41) is 0. The summed E-state index contributed by atoms with van der Waals surface area (Å²) in [4.78, 5) is 17.0. The standard InChI is InChI=1S/C16H19N3O/c1-17-7-13-10-19(11-14(13)8-17)16(20)12-6-15-4-2-3-5-18(15)9-12/h2-6,9,13-14H,7-8,10-11H2,1H3. The summed E-state index contributed by atoms with van der Waals surface area (Å²) in [7, 11) is 2.17. The van der Waals surface area contributed by atoms with Gasteiger partial charge in [-0.1, -0.05) is 6.07 Å². The van der Waals surface area contributed by atoms with Gasteiger partial charge in [0.05, 0.1) is 5.56 Å². The molecule has 2 unspecified atom stereocenters. The van der Waals surface area contributed by atoms with Crippen molar-refractivity contribution in [1.29, 1.82) is 0 Å². The molecule has 2 aliphatic heterocycles. The number of fused-ring (bicyclic) bond motifs is 2. The van der Waals surface area contributed by atoms with Crippen LogP contribution in [0, 0.1) is 11.8 Å². The highest BCUT2D eigenvalue weighted by atomic mass is 16.2. The molecule has 4 heteroatoms. The molecule has 2 saturated heterocycles. The van der Waals surface area contributed by atoms with Gasteiger partial charge < -0.3 is 14.2 Å². The van der Waals surface area contributed by atoms with Gasteiger partial charge in [-0.15, -0.1) is 0 Å². The van der Waals surface area contributed by atoms with Gasteiger partial charge in [-0.05, 0) is 37.1 Å². The predicted octanol–water partition coefficient (Wildman–Crippen LogP) is 1.57. The van der Waals surface area contributed by atoms with E-state index in [1.807, 2.05) is 46.0 Å². The fourth-order valence-electron chi connectivity index (χ4n) is 3.75. The number of aromatic nitrogens is 1. The van der Waals surface area contributed by atoms with Crippen molar-refractivity contribution in [3.63, 3.8) is 0 Å². The molecule has 1 amide bonds. The molecule has 2 aromatic heterocycles. The molecule has 0 N–H and O–H groups in total. The quantitative estimate of drug-likeness (QED) is 0.786. The van der Waals surface area contributed by atoms with E-state index in [1.165, 1.54) is 0 Å². The average Bonchev–Trinajstić information content (AvgIpc) is 3.08. The lowest BCUT2D eigenvalue weighted by Crippen LogP contribution is -2.32. The van der Waals surface area contributed by atoms with Gasteiger partial charge in [0.2, 0.25) is 0 Å². The lowest BCUT2D eigenvalue weighted by molar-refractivity contribution is 0.0776. The third-order valence-electron chi connectivity index (χ3n) is 4.71. The van der Waals surface area contributed by atoms with Crippen LogP contribution in [0.15, 0.2) is 36.7 Å². The summed E-state index contributed by atoms with van der Waals surface area (Å²) in [6.07, 6.45) is 3.93. The molecule has 4 rings (SSSR count). The molecule has 0 saturated carbocycles. The van der Waals surface area contributed by atoms with Gasteiger partial charge in [-0.2, -0.15) is 0 Å². The van der Waals surface area contributed by atoms with E-state index in [9.17, 15) is 4.79 Å². The van der Waals surface area contributed by atoms with E-state index in [0.29, 0.717) is 11.8 Å². The minimum atomic E-state index is 0.186. The first-order chi connectivity index (χ1) is 9.70. The Hall–Kier alpha value is -1.81. The molecule has 0 spiro atoms. The lowest BCUT2D eigenvalue weighted by Gasteiger charge is -2.18. The van der Waals surface area contributed by atoms with Gasteiger partial charge in [-0.3, -0.25) is 4.79 Å². The van der Waals surface area contributed by atoms with Crippen LogP contribution in [0.3, 0.4) is 0 Å². The molecule has 2 atom stereocenters. The van der Waals surface area contributed by atoms with Gasteiger partial charge in [0, 0.05) is 44.1 Å². The number of carbonyl (C=O) groups is 1. The van der Waals surface area contributed by atoms with E-state index in [-0.39, 0.29) is 5.91 Å². The highest BCUT2D eigenvalue weighted by molar-refractivity contribution is 5.95. The van der Waals surface area contributed by atoms with Crippen molar-refractivity contribution in [2.45, 2.75) is 0 Å². The zero-order valence-electron chi connectivity index (χ0n) is 11.7. The van der Waals surface area contributed by atoms with Crippen LogP contribution >= 0.6 is 0 Å². The maximum Gasteiger partial charge on any atom is 0.255 e. The van der Waals surface area contributed by atoms with Crippen molar-refractivity contribution >= 4 is 11.4 Å². The van der Waals surface area contributed by atoms with Gasteiger partial charge in [0.1, 0.15) is 0 Å². The number of pyridine rings is 1. The number of carbonyl (C=O) groups excluding carboxylic acids is 1. The summed E-state index contributed by atoms with van der Waals surface area (Å²) in [5.41, 5.74) is 1.89. The van der Waals surface area contributed by atoms with Gasteiger partial charge in [0.15, 0.2) is 0 Å². The zero-order chi connectivity index (χ0) is 13.7. The van der Waals surface area contributed by atoms with Crippen molar-refractivity contribution in [3.8, 4) is 0 Å². The summed E-state index contributed by atoms with van der Waals surface area (Å²) >= 11 is 0. The minimum absolute atomic E-state index is 0.186. The fraction of sp³-hybridized carbons (Fsp3) is 0.438. The first kappa shape index (κ1) is 12.0. The largest absolute Gasteiger partial charge is 0.338 e. The summed E-state index contributed by atoms with van der Waals surface area (Å²) in [6.45, 7) is 4.10. The highest BCUT2D eigenvalue weighted by Gasteiger charge is 2.40. The van der Waals surface area contributed by atoms with Crippen LogP contribution in [0.5, 0.6) is 0 Å². The maximum atomic E-state index is 12.6. The van der Waals surface area contributed by atoms with Crippen molar-refractivity contribution < 1.29 is 4.79 Å². The first-order valence-corrected chi connectivity index (χ1v) is 7.25. The molecule has 20 heavy (non-hydrogen) atoms. The van der Waals surface area contributed by atoms with Crippen LogP contribution in [-0.2, 0) is 0 Å². The second-order valence-corrected chi connectivity index (χ2v) is 6.21. The maximum absolute atomic E-state index is 12.6. The van der Waals surface area contributed by atoms with Crippen LogP contribution in [-0.4, -0.2) is 53.3 Å². The third-order valence-corrected chi connectivity index (χ3v) is 4.71. The Balaban J connectivity index is 1.56. The second kappa shape index (κ2) is 4.35. The third kappa shape index (κ3) is 1.83. The summed E-state index contributed by atoms with van der Waals surface area (Å²) < 4.78 is 2.01. The SMILES string of the molecule is CN1CC2CN(C(=O)c3cc4ccccn4c3)CC2C1. The van der Waals surface area contributed by atoms with E-state index in [1.54, 1.807) is 0 Å². The summed E-state index contributed by atoms with van der Waals surface area (Å²) in [6, 6.07) is 8.00. The number of rotatable bonds is 1. The highest BCUT2D eigenvalue weighted by Crippen LogP contribution is 2.31. The van der Waals surface area contributed by atoms with Crippen LogP contribution in [0.2, 0.25) is 0 Å². The Morgan fingerprint density at radius 3 is 2.60 bits per heavy atom. The van der Waals surface area contributed by atoms with Crippen molar-refractivity contribution in [1.82, 2.24) is 14.2 Å². The van der Waals surface area contributed by atoms with E-state index < -0.39 is 0 Å². The molecule has 0 radical (unpaired) electrons. The molecule has 0 bridgehead atoms. The molecule has 2 aliphatic rings. The Kier molecular flexibility index (Phi) is 2.60. The van der Waals surface area contributed by atoms with E-state index in [2.05, 4.69) is 11.9 Å². The van der Waals surface area contributed by atoms with Crippen LogP contribution < -0.4 is 0 Å². The molecule has 2 aromatic rings. The average molecular weight is 269 g/mol. The Morgan fingerprint density at radius 1 is 1.15 bits per heavy atom. The van der Waals surface area contributed by atoms with E-state index >= 15 is 0 Å². The predicted molar refractivity (Wildman–Crippen MR) is 77.8 cm³/mol. The molecular formula is C16H19N3O. The zero-order valence-corrected chi connectivity index (χ0v) is 11.7. The summed E-state index contributed by atoms with van der Waals surface area (Å²) in [5.74, 6) is 1.52. The van der Waals surface area contributed by atoms with Gasteiger partial charge in [-0.25, -0.2) is 0 Å². The normalized spacial score (nSPS) is 26.4. The van der Waals surface area contributed by atoms with E-state index in [0.717, 1.165) is 37.3 Å². The Bertz CT molecular complexity index is 616. The number of likely N-dealkylation sites (tertiary alicyclic amines) is 2. The molecule has 0 aromatic carbocycles. The minimum Gasteiger partial charge on any atom is -0.338 e. The fourth-order valence-corrected chi connectivity index (χ4v) is 3.75. The monoisotopic (exact) mass is 269 g/mol. The molecule has 4 nitrogen and oxygen atoms in total. The topological polar surface area (TPSA) is 28.0 Å². The number of nitrogens with zero attached hydrogens (tertiary/aromatic N) is 3. The van der Waals surface area contributed by atoms with Gasteiger partial charge in [0.25, 0.3) is 5.91 Å². The van der Waals surface area contributed by atoms with Crippen molar-refractivity contribution in [2.75, 3.05) is 33.2 Å². The number of hydrogen-bond acceptors (Lipinski definition) is 2. The molecule has 104 valence electrons. The molecule has 4 heterocycles. The second-order valence-electron chi connectivity index (χ2n) is 6.21. The number of hydrogen-bond donors (Lipinski definition) is 0. The first-order valence-electron chi connectivity index (χ1n) is 7.25. The van der Waals surface area contributed by atoms with Crippen LogP contribution in [0.1, 0.15) is 10.4 Å². The molecular weight excluding hydrogens is 250 g/mol. The van der Waals surface area contributed by atoms with E-state index in [4.69, 9.17) is 0 Å². The van der Waals surface area contributed by atoms with Crippen LogP contribution in [0.25, 0.3) is 5.52 Å². The molecule has 0 aliphatic carbocycles. The Labute approximate surface area is 118 Å². The number of amides is 1. The Morgan fingerprint density at radius 2 is 1.90 bits per heavy atom. The van der Waals surface area contributed by atoms with Crippen molar-refractivity contribution in [3.05, 3.63) is 42.2 Å². The molecule has 2 fully saturated rings. The van der Waals surface area contributed by atoms with Gasteiger partial charge >= 0.3 is 0 Å². The smallest absolute Gasteiger partial charge is 0.255 e.